The summed E-state index contributed by atoms with van der Waals surface area (Å²) in [6.07, 6.45) is 8.91. The van der Waals surface area contributed by atoms with Gasteiger partial charge in [-0.3, -0.25) is 9.88 Å². The van der Waals surface area contributed by atoms with Crippen molar-refractivity contribution in [2.75, 3.05) is 6.54 Å². The van der Waals surface area contributed by atoms with E-state index in [0.717, 1.165) is 49.5 Å². The van der Waals surface area contributed by atoms with Crippen LogP contribution in [0.1, 0.15) is 43.7 Å². The summed E-state index contributed by atoms with van der Waals surface area (Å²) in [7, 11) is 0. The van der Waals surface area contributed by atoms with E-state index in [2.05, 4.69) is 65.5 Å². The molecule has 0 atom stereocenters. The molecule has 2 aromatic carbocycles. The van der Waals surface area contributed by atoms with Gasteiger partial charge in [0, 0.05) is 35.1 Å². The van der Waals surface area contributed by atoms with Crippen molar-refractivity contribution in [3.8, 4) is 16.9 Å². The number of para-hydroxylation sites is 1. The monoisotopic (exact) mass is 418 g/mol. The number of nitrogens with zero attached hydrogens (tertiary/aromatic N) is 2. The maximum Gasteiger partial charge on any atom is 0.127 e. The van der Waals surface area contributed by atoms with E-state index in [9.17, 15) is 0 Å². The second-order valence-electron chi connectivity index (χ2n) is 8.37. The Kier molecular flexibility index (Phi) is 5.26. The number of halogens is 1. The van der Waals surface area contributed by atoms with Crippen LogP contribution in [0.15, 0.2) is 67.0 Å². The number of benzene rings is 2. The first-order chi connectivity index (χ1) is 14.7. The molecule has 0 amide bonds. The van der Waals surface area contributed by atoms with Crippen LogP contribution in [0.4, 0.5) is 0 Å². The van der Waals surface area contributed by atoms with Crippen LogP contribution >= 0.6 is 11.6 Å². The third-order valence-electron chi connectivity index (χ3n) is 6.35. The highest BCUT2D eigenvalue weighted by Gasteiger charge is 2.50. The number of rotatable bonds is 8. The lowest BCUT2D eigenvalue weighted by Gasteiger charge is -2.33. The highest BCUT2D eigenvalue weighted by atomic mass is 35.5. The molecule has 0 N–H and O–H groups in total. The Hall–Kier alpha value is -2.36. The quantitative estimate of drug-likeness (QED) is 0.420. The second kappa shape index (κ2) is 8.05. The van der Waals surface area contributed by atoms with Gasteiger partial charge in [0.15, 0.2) is 0 Å². The number of hydrogen-bond donors (Lipinski definition) is 0. The minimum atomic E-state index is 0.00417. The van der Waals surface area contributed by atoms with Crippen LogP contribution in [-0.4, -0.2) is 22.5 Å². The Labute approximate surface area is 183 Å². The molecule has 2 aliphatic carbocycles. The van der Waals surface area contributed by atoms with Crippen molar-refractivity contribution >= 4 is 11.6 Å². The number of hydrogen-bond acceptors (Lipinski definition) is 3. The molecular weight excluding hydrogens is 392 g/mol. The molecule has 4 heteroatoms. The van der Waals surface area contributed by atoms with Crippen LogP contribution in [0.25, 0.3) is 11.1 Å². The van der Waals surface area contributed by atoms with Gasteiger partial charge in [0.1, 0.15) is 5.75 Å². The lowest BCUT2D eigenvalue weighted by Crippen LogP contribution is -2.35. The standard InChI is InChI=1S/C26H27ClN2O/c1-2-29(18-19-7-3-5-9-24(19)27)26(14-15-26)23-17-28-16-13-21(23)22-8-4-6-10-25(22)30-20-11-12-20/h3-10,13,16-17,20H,2,11-12,14-15,18H2,1H3. The molecule has 3 nitrogen and oxygen atoms in total. The molecule has 0 unspecified atom stereocenters. The van der Waals surface area contributed by atoms with Crippen LogP contribution in [-0.2, 0) is 12.1 Å². The van der Waals surface area contributed by atoms with Gasteiger partial charge in [0.2, 0.25) is 0 Å². The Balaban J connectivity index is 1.53. The molecule has 0 saturated heterocycles. The molecule has 154 valence electrons. The van der Waals surface area contributed by atoms with Crippen molar-refractivity contribution in [1.29, 1.82) is 0 Å². The molecule has 2 saturated carbocycles. The van der Waals surface area contributed by atoms with Crippen molar-refractivity contribution in [2.24, 2.45) is 0 Å². The third kappa shape index (κ3) is 3.73. The van der Waals surface area contributed by atoms with E-state index in [-0.39, 0.29) is 5.54 Å². The summed E-state index contributed by atoms with van der Waals surface area (Å²) in [5.41, 5.74) is 4.88. The highest BCUT2D eigenvalue weighted by Crippen LogP contribution is 2.54. The van der Waals surface area contributed by atoms with E-state index in [1.54, 1.807) is 0 Å². The molecule has 3 aromatic rings. The first-order valence-electron chi connectivity index (χ1n) is 10.9. The molecule has 0 bridgehead atoms. The van der Waals surface area contributed by atoms with E-state index in [1.807, 2.05) is 18.3 Å². The van der Waals surface area contributed by atoms with Crippen LogP contribution in [0.3, 0.4) is 0 Å². The summed E-state index contributed by atoms with van der Waals surface area (Å²) in [6, 6.07) is 18.7. The Morgan fingerprint density at radius 3 is 2.53 bits per heavy atom. The first kappa shape index (κ1) is 19.6. The number of ether oxygens (including phenoxy) is 1. The SMILES string of the molecule is CCN(Cc1ccccc1Cl)C1(c2cnccc2-c2ccccc2OC2CC2)CC1. The maximum atomic E-state index is 6.49. The summed E-state index contributed by atoms with van der Waals surface area (Å²) in [6.45, 7) is 4.03. The van der Waals surface area contributed by atoms with Gasteiger partial charge in [-0.25, -0.2) is 0 Å². The predicted molar refractivity (Wildman–Crippen MR) is 122 cm³/mol. The van der Waals surface area contributed by atoms with Crippen LogP contribution in [0.5, 0.6) is 5.75 Å². The zero-order valence-electron chi connectivity index (χ0n) is 17.4. The van der Waals surface area contributed by atoms with Gasteiger partial charge < -0.3 is 4.74 Å². The average molecular weight is 419 g/mol. The fourth-order valence-electron chi connectivity index (χ4n) is 4.43. The first-order valence-corrected chi connectivity index (χ1v) is 11.3. The summed E-state index contributed by atoms with van der Waals surface area (Å²) in [5.74, 6) is 0.984. The van der Waals surface area contributed by atoms with E-state index < -0.39 is 0 Å². The van der Waals surface area contributed by atoms with Gasteiger partial charge in [0.25, 0.3) is 0 Å². The summed E-state index contributed by atoms with van der Waals surface area (Å²) in [4.78, 5) is 7.08. The predicted octanol–water partition coefficient (Wildman–Crippen LogP) is 6.45. The van der Waals surface area contributed by atoms with Gasteiger partial charge in [0.05, 0.1) is 6.10 Å². The van der Waals surface area contributed by atoms with Gasteiger partial charge in [-0.05, 0) is 67.1 Å². The normalized spacial score (nSPS) is 17.2. The van der Waals surface area contributed by atoms with Crippen LogP contribution < -0.4 is 4.74 Å². The van der Waals surface area contributed by atoms with Crippen molar-refractivity contribution in [3.63, 3.8) is 0 Å². The maximum absolute atomic E-state index is 6.49. The summed E-state index contributed by atoms with van der Waals surface area (Å²) in [5, 5.41) is 0.835. The average Bonchev–Trinajstić information content (AvgIpc) is 3.70. The minimum absolute atomic E-state index is 0.00417. The molecule has 2 aliphatic rings. The molecular formula is C26H27ClN2O. The fraction of sp³-hybridized carbons (Fsp3) is 0.346. The smallest absolute Gasteiger partial charge is 0.127 e. The number of aromatic nitrogens is 1. The highest BCUT2D eigenvalue weighted by molar-refractivity contribution is 6.31. The van der Waals surface area contributed by atoms with Crippen LogP contribution in [0.2, 0.25) is 5.02 Å². The lowest BCUT2D eigenvalue weighted by atomic mass is 9.93. The third-order valence-corrected chi connectivity index (χ3v) is 6.72. The Bertz CT molecular complexity index is 1040. The van der Waals surface area contributed by atoms with Gasteiger partial charge in [-0.2, -0.15) is 0 Å². The molecule has 1 heterocycles. The topological polar surface area (TPSA) is 25.4 Å². The number of pyridine rings is 1. The Morgan fingerprint density at radius 2 is 1.80 bits per heavy atom. The van der Waals surface area contributed by atoms with Crippen molar-refractivity contribution < 1.29 is 4.74 Å². The van der Waals surface area contributed by atoms with E-state index in [4.69, 9.17) is 16.3 Å². The van der Waals surface area contributed by atoms with E-state index >= 15 is 0 Å². The second-order valence-corrected chi connectivity index (χ2v) is 8.78. The van der Waals surface area contributed by atoms with E-state index in [1.165, 1.54) is 22.3 Å². The zero-order valence-corrected chi connectivity index (χ0v) is 18.1. The van der Waals surface area contributed by atoms with Gasteiger partial charge in [-0.1, -0.05) is 54.9 Å². The fourth-order valence-corrected chi connectivity index (χ4v) is 4.63. The summed E-state index contributed by atoms with van der Waals surface area (Å²) >= 11 is 6.49. The van der Waals surface area contributed by atoms with E-state index in [0.29, 0.717) is 6.10 Å². The minimum Gasteiger partial charge on any atom is -0.490 e. The molecule has 30 heavy (non-hydrogen) atoms. The summed E-state index contributed by atoms with van der Waals surface area (Å²) < 4.78 is 6.25. The van der Waals surface area contributed by atoms with Crippen LogP contribution in [0, 0.1) is 0 Å². The van der Waals surface area contributed by atoms with Gasteiger partial charge >= 0.3 is 0 Å². The molecule has 1 aromatic heterocycles. The molecule has 0 spiro atoms. The van der Waals surface area contributed by atoms with Crippen molar-refractivity contribution in [3.05, 3.63) is 83.1 Å². The Morgan fingerprint density at radius 1 is 1.03 bits per heavy atom. The lowest BCUT2D eigenvalue weighted by molar-refractivity contribution is 0.177. The molecule has 2 fully saturated rings. The zero-order chi connectivity index (χ0) is 20.6. The van der Waals surface area contributed by atoms with Crippen molar-refractivity contribution in [2.45, 2.75) is 50.8 Å². The molecule has 5 rings (SSSR count). The van der Waals surface area contributed by atoms with Gasteiger partial charge in [-0.15, -0.1) is 0 Å². The molecule has 0 radical (unpaired) electrons. The largest absolute Gasteiger partial charge is 0.490 e. The van der Waals surface area contributed by atoms with Crippen molar-refractivity contribution in [1.82, 2.24) is 9.88 Å². The molecule has 0 aliphatic heterocycles.